The summed E-state index contributed by atoms with van der Waals surface area (Å²) in [5, 5.41) is 17.2. The largest absolute Gasteiger partial charge is 0.481 e. The summed E-state index contributed by atoms with van der Waals surface area (Å²) >= 11 is 0. The number of H-pyrrole nitrogens is 1. The first-order valence-electron chi connectivity index (χ1n) is 15.3. The van der Waals surface area contributed by atoms with Crippen LogP contribution in [-0.2, 0) is 41.7 Å². The standard InChI is InChI=1S/C31H44N6O7/c1-3-4-5-6-7-8-9-14-27(39)37-18-24-20(19-12-10-11-13-21(19)34-24)15-25(37)31(44)36-22(16-26(32)38)30(43)35-23(17-28(40)41)29(42)33-2/h10-13,22-23,25,34H,3-9,14-18H2,1-2H3,(H2,32,38)(H,33,42)(H,35,43)(H,36,44)(H,40,41). The van der Waals surface area contributed by atoms with Crippen LogP contribution in [0.25, 0.3) is 10.9 Å². The molecule has 5 amide bonds. The van der Waals surface area contributed by atoms with Crippen LogP contribution < -0.4 is 21.7 Å². The highest BCUT2D eigenvalue weighted by Gasteiger charge is 2.38. The van der Waals surface area contributed by atoms with Gasteiger partial charge in [-0.05, 0) is 18.1 Å². The number of carbonyl (C=O) groups is 6. The number of carboxylic acid groups (broad SMARTS) is 1. The molecule has 0 aliphatic carbocycles. The lowest BCUT2D eigenvalue weighted by atomic mass is 9.95. The number of carbonyl (C=O) groups excluding carboxylic acids is 5. The van der Waals surface area contributed by atoms with Crippen molar-refractivity contribution in [2.75, 3.05) is 7.05 Å². The van der Waals surface area contributed by atoms with E-state index in [2.05, 4.69) is 27.9 Å². The highest BCUT2D eigenvalue weighted by molar-refractivity contribution is 5.98. The Morgan fingerprint density at radius 2 is 1.61 bits per heavy atom. The summed E-state index contributed by atoms with van der Waals surface area (Å²) in [6.45, 7) is 2.33. The van der Waals surface area contributed by atoms with E-state index in [0.717, 1.165) is 47.8 Å². The second-order valence-corrected chi connectivity index (χ2v) is 11.2. The molecule has 1 aliphatic heterocycles. The van der Waals surface area contributed by atoms with Crippen molar-refractivity contribution in [1.82, 2.24) is 25.8 Å². The number of nitrogens with two attached hydrogens (primary N) is 1. The summed E-state index contributed by atoms with van der Waals surface area (Å²) in [6, 6.07) is 3.71. The van der Waals surface area contributed by atoms with Gasteiger partial charge in [-0.15, -0.1) is 0 Å². The van der Waals surface area contributed by atoms with Crippen LogP contribution in [0.4, 0.5) is 0 Å². The van der Waals surface area contributed by atoms with Gasteiger partial charge >= 0.3 is 5.97 Å². The van der Waals surface area contributed by atoms with Gasteiger partial charge in [0.15, 0.2) is 0 Å². The third-order valence-electron chi connectivity index (χ3n) is 7.92. The van der Waals surface area contributed by atoms with Gasteiger partial charge in [-0.3, -0.25) is 28.8 Å². The summed E-state index contributed by atoms with van der Waals surface area (Å²) in [5.41, 5.74) is 7.96. The number of likely N-dealkylation sites (N-methyl/N-ethyl adjacent to an activating group) is 1. The maximum absolute atomic E-state index is 13.8. The second-order valence-electron chi connectivity index (χ2n) is 11.2. The number of hydrogen-bond acceptors (Lipinski definition) is 6. The number of rotatable bonds is 17. The Morgan fingerprint density at radius 3 is 2.27 bits per heavy atom. The van der Waals surface area contributed by atoms with E-state index in [-0.39, 0.29) is 25.3 Å². The van der Waals surface area contributed by atoms with Gasteiger partial charge in [-0.1, -0.05) is 63.6 Å². The molecule has 0 saturated carbocycles. The highest BCUT2D eigenvalue weighted by Crippen LogP contribution is 2.31. The summed E-state index contributed by atoms with van der Waals surface area (Å²) in [6.07, 6.45) is 6.40. The smallest absolute Gasteiger partial charge is 0.305 e. The molecular formula is C31H44N6O7. The molecule has 3 atom stereocenters. The molecule has 3 unspecified atom stereocenters. The van der Waals surface area contributed by atoms with Crippen LogP contribution in [0.2, 0.25) is 0 Å². The Bertz CT molecular complexity index is 1360. The van der Waals surface area contributed by atoms with Gasteiger partial charge in [0.25, 0.3) is 0 Å². The van der Waals surface area contributed by atoms with Crippen LogP contribution >= 0.6 is 0 Å². The maximum atomic E-state index is 13.8. The number of unbranched alkanes of at least 4 members (excludes halogenated alkanes) is 6. The molecular weight excluding hydrogens is 568 g/mol. The van der Waals surface area contributed by atoms with Crippen LogP contribution in [-0.4, -0.2) is 75.7 Å². The number of nitrogens with one attached hydrogen (secondary N) is 4. The molecule has 3 rings (SSSR count). The van der Waals surface area contributed by atoms with Crippen molar-refractivity contribution >= 4 is 46.4 Å². The Hall–Kier alpha value is -4.42. The fourth-order valence-electron chi connectivity index (χ4n) is 5.59. The van der Waals surface area contributed by atoms with E-state index >= 15 is 0 Å². The SMILES string of the molecule is CCCCCCCCCC(=O)N1Cc2[nH]c3ccccc3c2CC1C(=O)NC(CC(N)=O)C(=O)NC(CC(=O)O)C(=O)NC. The molecule has 0 fully saturated rings. The number of carboxylic acids is 1. The number of hydrogen-bond donors (Lipinski definition) is 6. The fourth-order valence-corrected chi connectivity index (χ4v) is 5.59. The van der Waals surface area contributed by atoms with Crippen molar-refractivity contribution in [1.29, 1.82) is 0 Å². The minimum Gasteiger partial charge on any atom is -0.481 e. The van der Waals surface area contributed by atoms with Crippen LogP contribution in [0.15, 0.2) is 24.3 Å². The van der Waals surface area contributed by atoms with E-state index in [1.54, 1.807) is 0 Å². The normalized spacial score (nSPS) is 15.6. The van der Waals surface area contributed by atoms with Crippen LogP contribution in [0.1, 0.15) is 82.4 Å². The minimum atomic E-state index is -1.50. The lowest BCUT2D eigenvalue weighted by molar-refractivity contribution is -0.143. The molecule has 2 aromatic rings. The van der Waals surface area contributed by atoms with Crippen LogP contribution in [0.3, 0.4) is 0 Å². The minimum absolute atomic E-state index is 0.168. The van der Waals surface area contributed by atoms with Crippen LogP contribution in [0.5, 0.6) is 0 Å². The summed E-state index contributed by atoms with van der Waals surface area (Å²) in [4.78, 5) is 80.6. The van der Waals surface area contributed by atoms with E-state index in [1.165, 1.54) is 24.8 Å². The molecule has 0 spiro atoms. The molecule has 0 radical (unpaired) electrons. The Morgan fingerprint density at radius 1 is 0.955 bits per heavy atom. The molecule has 0 saturated heterocycles. The first-order valence-corrected chi connectivity index (χ1v) is 15.3. The van der Waals surface area contributed by atoms with Crippen molar-refractivity contribution in [3.63, 3.8) is 0 Å². The molecule has 13 heteroatoms. The van der Waals surface area contributed by atoms with E-state index in [9.17, 15) is 33.9 Å². The molecule has 1 aliphatic rings. The zero-order valence-corrected chi connectivity index (χ0v) is 25.4. The van der Waals surface area contributed by atoms with Crippen LogP contribution in [0, 0.1) is 0 Å². The zero-order chi connectivity index (χ0) is 32.2. The number of aliphatic carboxylic acids is 1. The van der Waals surface area contributed by atoms with Crippen molar-refractivity contribution in [2.24, 2.45) is 5.73 Å². The van der Waals surface area contributed by atoms with Crippen molar-refractivity contribution in [3.8, 4) is 0 Å². The van der Waals surface area contributed by atoms with Gasteiger partial charge in [0.1, 0.15) is 18.1 Å². The number of primary amides is 1. The Kier molecular flexibility index (Phi) is 12.7. The van der Waals surface area contributed by atoms with Gasteiger partial charge in [-0.2, -0.15) is 0 Å². The van der Waals surface area contributed by atoms with E-state index in [0.29, 0.717) is 6.42 Å². The number of para-hydroxylation sites is 1. The average molecular weight is 613 g/mol. The Balaban J connectivity index is 1.81. The maximum Gasteiger partial charge on any atom is 0.305 e. The lowest BCUT2D eigenvalue weighted by Gasteiger charge is -2.35. The average Bonchev–Trinajstić information content (AvgIpc) is 3.35. The molecule has 1 aromatic carbocycles. The monoisotopic (exact) mass is 612 g/mol. The van der Waals surface area contributed by atoms with Crippen molar-refractivity contribution < 1.29 is 33.9 Å². The molecule has 44 heavy (non-hydrogen) atoms. The zero-order valence-electron chi connectivity index (χ0n) is 25.4. The van der Waals surface area contributed by atoms with Crippen molar-refractivity contribution in [3.05, 3.63) is 35.5 Å². The molecule has 2 heterocycles. The third kappa shape index (κ3) is 9.29. The number of nitrogens with zero attached hydrogens (tertiary/aromatic N) is 1. The van der Waals surface area contributed by atoms with Gasteiger partial charge in [0.2, 0.25) is 29.5 Å². The highest BCUT2D eigenvalue weighted by atomic mass is 16.4. The van der Waals surface area contributed by atoms with Crippen molar-refractivity contribution in [2.45, 2.75) is 102 Å². The number of fused-ring (bicyclic) bond motifs is 3. The summed E-state index contributed by atoms with van der Waals surface area (Å²) < 4.78 is 0. The molecule has 240 valence electrons. The summed E-state index contributed by atoms with van der Waals surface area (Å²) in [5.74, 6) is -4.79. The van der Waals surface area contributed by atoms with Gasteiger partial charge in [0.05, 0.1) is 19.4 Å². The number of aromatic amines is 1. The molecule has 1 aromatic heterocycles. The van der Waals surface area contributed by atoms with Gasteiger partial charge in [0, 0.05) is 36.5 Å². The number of benzene rings is 1. The Labute approximate surface area is 256 Å². The lowest BCUT2D eigenvalue weighted by Crippen LogP contribution is -2.59. The van der Waals surface area contributed by atoms with Gasteiger partial charge in [-0.25, -0.2) is 0 Å². The molecule has 0 bridgehead atoms. The molecule has 7 N–H and O–H groups in total. The quantitative estimate of drug-likeness (QED) is 0.146. The second kappa shape index (κ2) is 16.4. The molecule has 13 nitrogen and oxygen atoms in total. The number of amides is 5. The van der Waals surface area contributed by atoms with E-state index < -0.39 is 60.6 Å². The first-order chi connectivity index (χ1) is 21.0. The van der Waals surface area contributed by atoms with Gasteiger partial charge < -0.3 is 36.7 Å². The first kappa shape index (κ1) is 34.1. The van der Waals surface area contributed by atoms with E-state index in [4.69, 9.17) is 5.73 Å². The summed E-state index contributed by atoms with van der Waals surface area (Å²) in [7, 11) is 1.28. The predicted molar refractivity (Wildman–Crippen MR) is 163 cm³/mol. The topological polar surface area (TPSA) is 204 Å². The van der Waals surface area contributed by atoms with E-state index in [1.807, 2.05) is 24.3 Å². The number of aromatic nitrogens is 1. The third-order valence-corrected chi connectivity index (χ3v) is 7.92. The predicted octanol–water partition coefficient (Wildman–Crippen LogP) is 1.63. The fraction of sp³-hybridized carbons (Fsp3) is 0.548.